The topological polar surface area (TPSA) is 107 Å². The van der Waals surface area contributed by atoms with Crippen LogP contribution in [0.15, 0.2) is 24.3 Å². The van der Waals surface area contributed by atoms with E-state index in [2.05, 4.69) is 6.58 Å². The molecule has 1 heterocycles. The number of carboxylic acids is 1. The molecule has 27 heavy (non-hydrogen) atoms. The summed E-state index contributed by atoms with van der Waals surface area (Å²) in [6.07, 6.45) is 2.50. The van der Waals surface area contributed by atoms with E-state index in [0.717, 1.165) is 5.57 Å². The highest BCUT2D eigenvalue weighted by atomic mass is 16.5. The van der Waals surface area contributed by atoms with Crippen LogP contribution in [0, 0.1) is 11.8 Å². The summed E-state index contributed by atoms with van der Waals surface area (Å²) in [5.74, 6) is -1.57. The van der Waals surface area contributed by atoms with Crippen molar-refractivity contribution < 1.29 is 30.0 Å². The van der Waals surface area contributed by atoms with Crippen LogP contribution in [0.5, 0.6) is 28.7 Å². The lowest BCUT2D eigenvalue weighted by Gasteiger charge is -2.31. The lowest BCUT2D eigenvalue weighted by molar-refractivity contribution is -0.142. The van der Waals surface area contributed by atoms with Crippen LogP contribution >= 0.6 is 0 Å². The average molecular weight is 368 g/mol. The number of phenols is 3. The van der Waals surface area contributed by atoms with Crippen molar-refractivity contribution in [2.24, 2.45) is 11.8 Å². The number of phenolic OH excluding ortho intramolecular Hbond substituents is 3. The number of hydrogen-bond donors (Lipinski definition) is 4. The van der Waals surface area contributed by atoms with Gasteiger partial charge in [0.05, 0.1) is 5.92 Å². The van der Waals surface area contributed by atoms with Gasteiger partial charge in [-0.15, -0.1) is 0 Å². The summed E-state index contributed by atoms with van der Waals surface area (Å²) < 4.78 is 5.77. The third kappa shape index (κ3) is 2.68. The molecule has 4 rings (SSSR count). The number of aliphatic carboxylic acids is 1. The van der Waals surface area contributed by atoms with Crippen molar-refractivity contribution in [2.45, 2.75) is 25.7 Å². The van der Waals surface area contributed by atoms with E-state index in [-0.39, 0.29) is 40.6 Å². The molecule has 0 atom stereocenters. The van der Waals surface area contributed by atoms with Gasteiger partial charge in [0.1, 0.15) is 0 Å². The zero-order chi connectivity index (χ0) is 19.3. The number of aromatic hydroxyl groups is 3. The fraction of sp³-hybridized carbons (Fsp3) is 0.286. The molecule has 1 aliphatic carbocycles. The molecule has 2 aromatic rings. The van der Waals surface area contributed by atoms with E-state index in [1.807, 2.05) is 6.07 Å². The average Bonchev–Trinajstić information content (AvgIpc) is 2.66. The van der Waals surface area contributed by atoms with E-state index in [1.54, 1.807) is 12.1 Å². The first-order valence-electron chi connectivity index (χ1n) is 8.89. The number of hydrogen-bond acceptors (Lipinski definition) is 5. The predicted octanol–water partition coefficient (Wildman–Crippen LogP) is 2.41. The largest absolute Gasteiger partial charge is 0.504 e. The van der Waals surface area contributed by atoms with Crippen molar-refractivity contribution in [3.05, 3.63) is 40.3 Å². The van der Waals surface area contributed by atoms with Crippen LogP contribution in [0.4, 0.5) is 0 Å². The van der Waals surface area contributed by atoms with Crippen molar-refractivity contribution in [2.75, 3.05) is 0 Å². The second-order valence-corrected chi connectivity index (χ2v) is 7.16. The summed E-state index contributed by atoms with van der Waals surface area (Å²) >= 11 is 0. The summed E-state index contributed by atoms with van der Waals surface area (Å²) in [6.45, 7) is 3.77. The molecule has 1 fully saturated rings. The van der Waals surface area contributed by atoms with Gasteiger partial charge >= 0.3 is 5.97 Å². The van der Waals surface area contributed by atoms with Gasteiger partial charge in [-0.25, -0.2) is 0 Å². The minimum atomic E-state index is -0.770. The van der Waals surface area contributed by atoms with E-state index < -0.39 is 5.97 Å². The summed E-state index contributed by atoms with van der Waals surface area (Å²) in [5.41, 5.74) is 1.54. The molecule has 0 amide bonds. The van der Waals surface area contributed by atoms with Crippen LogP contribution in [0.2, 0.25) is 0 Å². The third-order valence-corrected chi connectivity index (χ3v) is 5.59. The Bertz CT molecular complexity index is 1050. The molecule has 140 valence electrons. The number of carboxylic acid groups (broad SMARTS) is 1. The minimum absolute atomic E-state index is 0.0565. The van der Waals surface area contributed by atoms with E-state index in [9.17, 15) is 25.2 Å². The van der Waals surface area contributed by atoms with Crippen LogP contribution in [0.25, 0.3) is 12.2 Å². The van der Waals surface area contributed by atoms with Gasteiger partial charge in [0.2, 0.25) is 5.75 Å². The first kappa shape index (κ1) is 17.3. The van der Waals surface area contributed by atoms with E-state index >= 15 is 0 Å². The molecule has 0 saturated heterocycles. The van der Waals surface area contributed by atoms with Crippen LogP contribution in [-0.4, -0.2) is 26.4 Å². The predicted molar refractivity (Wildman–Crippen MR) is 98.3 cm³/mol. The Labute approximate surface area is 155 Å². The Balaban J connectivity index is 1.92. The Hall–Kier alpha value is -3.15. The van der Waals surface area contributed by atoms with Gasteiger partial charge in [0, 0.05) is 16.0 Å². The molecule has 0 radical (unpaired) electrons. The summed E-state index contributed by atoms with van der Waals surface area (Å²) in [6, 6.07) is 6.61. The van der Waals surface area contributed by atoms with E-state index in [0.29, 0.717) is 41.7 Å². The molecule has 2 aliphatic rings. The van der Waals surface area contributed by atoms with Gasteiger partial charge < -0.3 is 25.2 Å². The first-order chi connectivity index (χ1) is 12.9. The number of fused-ring (bicyclic) bond motifs is 2. The summed E-state index contributed by atoms with van der Waals surface area (Å²) in [5, 5.41) is 41.0. The molecule has 1 aliphatic heterocycles. The van der Waals surface area contributed by atoms with Crippen LogP contribution in [0.1, 0.15) is 31.2 Å². The second-order valence-electron chi connectivity index (χ2n) is 7.16. The zero-order valence-corrected chi connectivity index (χ0v) is 14.6. The lowest BCUT2D eigenvalue weighted by atomic mass is 9.75. The van der Waals surface area contributed by atoms with Crippen LogP contribution < -0.4 is 15.2 Å². The molecule has 2 aromatic carbocycles. The third-order valence-electron chi connectivity index (χ3n) is 5.59. The monoisotopic (exact) mass is 368 g/mol. The number of rotatable bonds is 2. The maximum Gasteiger partial charge on any atom is 0.306 e. The fourth-order valence-corrected chi connectivity index (χ4v) is 4.12. The maximum absolute atomic E-state index is 11.3. The van der Waals surface area contributed by atoms with E-state index in [1.165, 1.54) is 6.07 Å². The Morgan fingerprint density at radius 3 is 2.33 bits per heavy atom. The highest BCUT2D eigenvalue weighted by Crippen LogP contribution is 2.49. The summed E-state index contributed by atoms with van der Waals surface area (Å²) in [4.78, 5) is 11.3. The normalized spacial score (nSPS) is 21.1. The second kappa shape index (κ2) is 6.23. The molecular formula is C21H20O6. The molecule has 6 heteroatoms. The van der Waals surface area contributed by atoms with Gasteiger partial charge in [-0.05, 0) is 49.3 Å². The summed E-state index contributed by atoms with van der Waals surface area (Å²) in [7, 11) is 0. The van der Waals surface area contributed by atoms with Gasteiger partial charge in [-0.3, -0.25) is 4.79 Å². The Kier molecular flexibility index (Phi) is 3.98. The highest BCUT2D eigenvalue weighted by Gasteiger charge is 2.33. The quantitative estimate of drug-likeness (QED) is 0.607. The number of ether oxygens (including phenoxy) is 1. The van der Waals surface area contributed by atoms with Gasteiger partial charge in [0.15, 0.2) is 23.0 Å². The first-order valence-corrected chi connectivity index (χ1v) is 8.89. The van der Waals surface area contributed by atoms with Crippen LogP contribution in [-0.2, 0) is 4.79 Å². The molecule has 6 nitrogen and oxygen atoms in total. The van der Waals surface area contributed by atoms with Crippen molar-refractivity contribution in [1.82, 2.24) is 0 Å². The van der Waals surface area contributed by atoms with Gasteiger partial charge in [0.25, 0.3) is 0 Å². The zero-order valence-electron chi connectivity index (χ0n) is 14.6. The Morgan fingerprint density at radius 2 is 1.67 bits per heavy atom. The fourth-order valence-electron chi connectivity index (χ4n) is 4.12. The number of carbonyl (C=O) groups is 1. The molecule has 4 N–H and O–H groups in total. The lowest BCUT2D eigenvalue weighted by Crippen LogP contribution is -2.27. The molecule has 0 bridgehead atoms. The number of benzene rings is 2. The highest BCUT2D eigenvalue weighted by molar-refractivity contribution is 5.80. The SMILES string of the molecule is C=c1ccc2c(c1O)Oc1c(ccc(O)c1O)C=2C1CCC(C(=O)O)CC1. The molecule has 0 aromatic heterocycles. The maximum atomic E-state index is 11.3. The van der Waals surface area contributed by atoms with Crippen molar-refractivity contribution in [1.29, 1.82) is 0 Å². The molecule has 0 spiro atoms. The molecule has 0 unspecified atom stereocenters. The Morgan fingerprint density at radius 1 is 0.963 bits per heavy atom. The minimum Gasteiger partial charge on any atom is -0.504 e. The van der Waals surface area contributed by atoms with Crippen molar-refractivity contribution in [3.8, 4) is 28.7 Å². The van der Waals surface area contributed by atoms with Crippen LogP contribution in [0.3, 0.4) is 0 Å². The van der Waals surface area contributed by atoms with Crippen molar-refractivity contribution in [3.63, 3.8) is 0 Å². The standard InChI is InChI=1S/C21H20O6/c1-10-2-7-13-16(11-3-5-12(6-4-11)21(25)26)14-8-9-15(22)18(24)20(14)27-19(13)17(10)23/h2,7-9,11-12,22-24H,1,3-6H2,(H,25,26). The molecule has 1 saturated carbocycles. The molecular weight excluding hydrogens is 348 g/mol. The van der Waals surface area contributed by atoms with Gasteiger partial charge in [-0.1, -0.05) is 18.7 Å². The van der Waals surface area contributed by atoms with E-state index in [4.69, 9.17) is 4.74 Å². The van der Waals surface area contributed by atoms with Gasteiger partial charge in [-0.2, -0.15) is 0 Å². The van der Waals surface area contributed by atoms with Crippen molar-refractivity contribution >= 4 is 18.1 Å². The smallest absolute Gasteiger partial charge is 0.306 e.